The van der Waals surface area contributed by atoms with Gasteiger partial charge in [-0.2, -0.15) is 0 Å². The molecule has 1 saturated carbocycles. The lowest BCUT2D eigenvalue weighted by Crippen LogP contribution is -2.46. The van der Waals surface area contributed by atoms with Crippen LogP contribution >= 0.6 is 0 Å². The Balaban J connectivity index is 2.28. The van der Waals surface area contributed by atoms with Crippen LogP contribution in [0.1, 0.15) is 73.1 Å². The quantitative estimate of drug-likeness (QED) is 0.708. The van der Waals surface area contributed by atoms with Crippen LogP contribution in [-0.4, -0.2) is 12.1 Å². The summed E-state index contributed by atoms with van der Waals surface area (Å²) in [5, 5.41) is 3.65. The van der Waals surface area contributed by atoms with Gasteiger partial charge in [0.2, 0.25) is 0 Å². The van der Waals surface area contributed by atoms with Crippen LogP contribution < -0.4 is 5.32 Å². The Kier molecular flexibility index (Phi) is 4.85. The Bertz CT molecular complexity index is 188. The van der Waals surface area contributed by atoms with Crippen molar-refractivity contribution in [2.45, 2.75) is 78.7 Å². The average molecular weight is 225 g/mol. The van der Waals surface area contributed by atoms with Gasteiger partial charge in [-0.1, -0.05) is 26.7 Å². The molecule has 1 fully saturated rings. The van der Waals surface area contributed by atoms with Gasteiger partial charge in [-0.3, -0.25) is 0 Å². The topological polar surface area (TPSA) is 12.0 Å². The van der Waals surface area contributed by atoms with Crippen LogP contribution in [0.5, 0.6) is 0 Å². The lowest BCUT2D eigenvalue weighted by molar-refractivity contribution is 0.0306. The summed E-state index contributed by atoms with van der Waals surface area (Å²) in [6.07, 6.45) is 8.56. The Morgan fingerprint density at radius 3 is 1.94 bits per heavy atom. The zero-order chi connectivity index (χ0) is 12.2. The highest BCUT2D eigenvalue weighted by atomic mass is 14.9. The first kappa shape index (κ1) is 14.0. The molecule has 1 heteroatoms. The van der Waals surface area contributed by atoms with E-state index in [9.17, 15) is 0 Å². The summed E-state index contributed by atoms with van der Waals surface area (Å²) in [6, 6.07) is 0. The first-order chi connectivity index (χ1) is 7.41. The lowest BCUT2D eigenvalue weighted by Gasteiger charge is -2.49. The van der Waals surface area contributed by atoms with Gasteiger partial charge in [0.05, 0.1) is 0 Å². The van der Waals surface area contributed by atoms with Crippen LogP contribution in [-0.2, 0) is 0 Å². The van der Waals surface area contributed by atoms with Crippen molar-refractivity contribution in [3.05, 3.63) is 0 Å². The van der Waals surface area contributed by atoms with E-state index in [0.29, 0.717) is 0 Å². The van der Waals surface area contributed by atoms with E-state index in [1.165, 1.54) is 45.1 Å². The molecule has 0 spiro atoms. The van der Waals surface area contributed by atoms with Gasteiger partial charge in [-0.05, 0) is 64.3 Å². The molecule has 1 nitrogen and oxygen atoms in total. The standard InChI is InChI=1S/C15H31N/c1-6-8-15(9-7-2)10-13(11-15)12-16-14(3,4)5/h13,16H,6-12H2,1-5H3. The predicted octanol–water partition coefficient (Wildman–Crippen LogP) is 4.37. The van der Waals surface area contributed by atoms with Gasteiger partial charge in [0.25, 0.3) is 0 Å². The molecule has 0 aromatic carbocycles. The second-order valence-corrected chi connectivity index (χ2v) is 6.91. The fourth-order valence-electron chi connectivity index (χ4n) is 3.35. The van der Waals surface area contributed by atoms with Crippen molar-refractivity contribution in [2.75, 3.05) is 6.54 Å². The summed E-state index contributed by atoms with van der Waals surface area (Å²) in [5.41, 5.74) is 1.02. The van der Waals surface area contributed by atoms with Gasteiger partial charge in [0.15, 0.2) is 0 Å². The van der Waals surface area contributed by atoms with Gasteiger partial charge < -0.3 is 5.32 Å². The van der Waals surface area contributed by atoms with Crippen molar-refractivity contribution in [1.29, 1.82) is 0 Å². The SMILES string of the molecule is CCCC1(CCC)CC(CNC(C)(C)C)C1. The molecule has 1 aliphatic carbocycles. The molecule has 0 amide bonds. The smallest absolute Gasteiger partial charge is 0.00966 e. The fourth-order valence-corrected chi connectivity index (χ4v) is 3.35. The Labute approximate surface area is 102 Å². The summed E-state index contributed by atoms with van der Waals surface area (Å²) >= 11 is 0. The van der Waals surface area contributed by atoms with Gasteiger partial charge in [-0.25, -0.2) is 0 Å². The van der Waals surface area contributed by atoms with E-state index >= 15 is 0 Å². The largest absolute Gasteiger partial charge is 0.312 e. The third-order valence-corrected chi connectivity index (χ3v) is 3.93. The van der Waals surface area contributed by atoms with Crippen molar-refractivity contribution in [2.24, 2.45) is 11.3 Å². The first-order valence-corrected chi connectivity index (χ1v) is 7.16. The van der Waals surface area contributed by atoms with Gasteiger partial charge in [0.1, 0.15) is 0 Å². The number of rotatable bonds is 6. The van der Waals surface area contributed by atoms with E-state index in [0.717, 1.165) is 11.3 Å². The molecule has 1 N–H and O–H groups in total. The number of nitrogens with one attached hydrogen (secondary N) is 1. The number of hydrogen-bond acceptors (Lipinski definition) is 1. The van der Waals surface area contributed by atoms with Crippen LogP contribution in [0.4, 0.5) is 0 Å². The fraction of sp³-hybridized carbons (Fsp3) is 1.00. The molecule has 0 aromatic heterocycles. The molecule has 0 atom stereocenters. The molecule has 0 radical (unpaired) electrons. The third-order valence-electron chi connectivity index (χ3n) is 3.93. The van der Waals surface area contributed by atoms with E-state index in [1.807, 2.05) is 0 Å². The predicted molar refractivity (Wildman–Crippen MR) is 72.7 cm³/mol. The molecule has 0 heterocycles. The molecule has 0 saturated heterocycles. The second kappa shape index (κ2) is 5.53. The number of hydrogen-bond donors (Lipinski definition) is 1. The monoisotopic (exact) mass is 225 g/mol. The van der Waals surface area contributed by atoms with Crippen LogP contribution in [0.15, 0.2) is 0 Å². The maximum atomic E-state index is 3.65. The van der Waals surface area contributed by atoms with Crippen LogP contribution in [0.3, 0.4) is 0 Å². The van der Waals surface area contributed by atoms with Crippen LogP contribution in [0.25, 0.3) is 0 Å². The van der Waals surface area contributed by atoms with Crippen molar-refractivity contribution < 1.29 is 0 Å². The molecule has 1 rings (SSSR count). The zero-order valence-electron chi connectivity index (χ0n) is 12.0. The molecule has 0 unspecified atom stereocenters. The van der Waals surface area contributed by atoms with E-state index in [4.69, 9.17) is 0 Å². The molecule has 16 heavy (non-hydrogen) atoms. The second-order valence-electron chi connectivity index (χ2n) is 6.91. The summed E-state index contributed by atoms with van der Waals surface area (Å²) in [6.45, 7) is 12.7. The summed E-state index contributed by atoms with van der Waals surface area (Å²) in [5.74, 6) is 0.942. The molecule has 96 valence electrons. The molecule has 0 aliphatic heterocycles. The summed E-state index contributed by atoms with van der Waals surface area (Å²) in [7, 11) is 0. The van der Waals surface area contributed by atoms with E-state index < -0.39 is 0 Å². The van der Waals surface area contributed by atoms with E-state index in [2.05, 4.69) is 39.9 Å². The third kappa shape index (κ3) is 4.08. The molecular formula is C15H31N. The normalized spacial score (nSPS) is 20.8. The lowest BCUT2D eigenvalue weighted by atomic mass is 9.58. The van der Waals surface area contributed by atoms with Crippen LogP contribution in [0.2, 0.25) is 0 Å². The molecule has 0 bridgehead atoms. The Morgan fingerprint density at radius 1 is 1.06 bits per heavy atom. The first-order valence-electron chi connectivity index (χ1n) is 7.16. The molecule has 1 aliphatic rings. The minimum absolute atomic E-state index is 0.285. The Hall–Kier alpha value is -0.0400. The van der Waals surface area contributed by atoms with Gasteiger partial charge >= 0.3 is 0 Å². The molecule has 0 aromatic rings. The van der Waals surface area contributed by atoms with Crippen molar-refractivity contribution >= 4 is 0 Å². The van der Waals surface area contributed by atoms with E-state index in [-0.39, 0.29) is 5.54 Å². The maximum absolute atomic E-state index is 3.65. The van der Waals surface area contributed by atoms with E-state index in [1.54, 1.807) is 0 Å². The van der Waals surface area contributed by atoms with Crippen LogP contribution in [0, 0.1) is 11.3 Å². The van der Waals surface area contributed by atoms with Crippen molar-refractivity contribution in [3.63, 3.8) is 0 Å². The highest BCUT2D eigenvalue weighted by Gasteiger charge is 2.42. The summed E-state index contributed by atoms with van der Waals surface area (Å²) < 4.78 is 0. The zero-order valence-corrected chi connectivity index (χ0v) is 12.0. The highest BCUT2D eigenvalue weighted by molar-refractivity contribution is 4.94. The maximum Gasteiger partial charge on any atom is 0.00966 e. The van der Waals surface area contributed by atoms with Crippen molar-refractivity contribution in [1.82, 2.24) is 5.32 Å². The average Bonchev–Trinajstić information content (AvgIpc) is 2.10. The minimum Gasteiger partial charge on any atom is -0.312 e. The summed E-state index contributed by atoms with van der Waals surface area (Å²) in [4.78, 5) is 0. The molecular weight excluding hydrogens is 194 g/mol. The Morgan fingerprint density at radius 2 is 1.56 bits per heavy atom. The van der Waals surface area contributed by atoms with Gasteiger partial charge in [-0.15, -0.1) is 0 Å². The minimum atomic E-state index is 0.285. The van der Waals surface area contributed by atoms with Gasteiger partial charge in [0, 0.05) is 5.54 Å². The van der Waals surface area contributed by atoms with Crippen molar-refractivity contribution in [3.8, 4) is 0 Å². The highest BCUT2D eigenvalue weighted by Crippen LogP contribution is 2.51.